The molecule has 0 saturated carbocycles. The molecule has 0 spiro atoms. The fourth-order valence-corrected chi connectivity index (χ4v) is 4.53. The van der Waals surface area contributed by atoms with Gasteiger partial charge in [0.25, 0.3) is 0 Å². The number of aromatic nitrogens is 2. The lowest BCUT2D eigenvalue weighted by Crippen LogP contribution is -2.31. The Morgan fingerprint density at radius 3 is 2.92 bits per heavy atom. The van der Waals surface area contributed by atoms with Crippen LogP contribution in [-0.2, 0) is 6.54 Å². The minimum Gasteiger partial charge on any atom is -0.358 e. The Bertz CT molecular complexity index is 999. The van der Waals surface area contributed by atoms with Crippen LogP contribution in [0.1, 0.15) is 22.7 Å². The first-order valence-corrected chi connectivity index (χ1v) is 9.45. The summed E-state index contributed by atoms with van der Waals surface area (Å²) in [7, 11) is 2.20. The van der Waals surface area contributed by atoms with E-state index in [1.807, 2.05) is 11.6 Å². The van der Waals surface area contributed by atoms with Crippen molar-refractivity contribution in [1.82, 2.24) is 14.9 Å². The Hall–Kier alpha value is -2.43. The summed E-state index contributed by atoms with van der Waals surface area (Å²) in [6.07, 6.45) is 1.87. The summed E-state index contributed by atoms with van der Waals surface area (Å²) in [5, 5.41) is 4.42. The summed E-state index contributed by atoms with van der Waals surface area (Å²) < 4.78 is 0. The first kappa shape index (κ1) is 14.9. The van der Waals surface area contributed by atoms with Gasteiger partial charge in [0.2, 0.25) is 0 Å². The fourth-order valence-electron chi connectivity index (χ4n) is 3.90. The third kappa shape index (κ3) is 2.58. The quantitative estimate of drug-likeness (QED) is 0.562. The summed E-state index contributed by atoms with van der Waals surface area (Å²) >= 11 is 1.70. The number of H-pyrrole nitrogens is 1. The van der Waals surface area contributed by atoms with E-state index >= 15 is 0 Å². The minimum absolute atomic E-state index is 0.381. The van der Waals surface area contributed by atoms with Crippen molar-refractivity contribution in [3.05, 3.63) is 76.9 Å². The Labute approximate surface area is 151 Å². The number of rotatable bonds is 2. The van der Waals surface area contributed by atoms with E-state index in [-0.39, 0.29) is 0 Å². The molecule has 0 amide bonds. The van der Waals surface area contributed by atoms with Crippen LogP contribution in [0.15, 0.2) is 60.1 Å². The Kier molecular flexibility index (Phi) is 3.47. The zero-order valence-corrected chi connectivity index (χ0v) is 14.9. The molecule has 4 aromatic rings. The average Bonchev–Trinajstić information content (AvgIpc) is 3.30. The summed E-state index contributed by atoms with van der Waals surface area (Å²) in [4.78, 5) is 10.5. The van der Waals surface area contributed by atoms with Crippen LogP contribution in [0, 0.1) is 0 Å². The SMILES string of the molecule is CN1Cc2cc(-c3nccs3)ccc2C(c2cc3ccccc3[nH]2)C1. The van der Waals surface area contributed by atoms with E-state index in [0.29, 0.717) is 5.92 Å². The van der Waals surface area contributed by atoms with E-state index in [1.165, 1.54) is 33.3 Å². The lowest BCUT2D eigenvalue weighted by atomic mass is 9.86. The first-order chi connectivity index (χ1) is 12.3. The van der Waals surface area contributed by atoms with E-state index < -0.39 is 0 Å². The van der Waals surface area contributed by atoms with Gasteiger partial charge < -0.3 is 9.88 Å². The predicted octanol–water partition coefficient (Wildman–Crippen LogP) is 4.87. The highest BCUT2D eigenvalue weighted by molar-refractivity contribution is 7.13. The maximum absolute atomic E-state index is 4.46. The average molecular weight is 345 g/mol. The van der Waals surface area contributed by atoms with Gasteiger partial charge in [0, 0.05) is 47.4 Å². The number of likely N-dealkylation sites (N-methyl/N-ethyl adjacent to an activating group) is 1. The van der Waals surface area contributed by atoms with Crippen LogP contribution < -0.4 is 0 Å². The van der Waals surface area contributed by atoms with Gasteiger partial charge in [-0.3, -0.25) is 0 Å². The molecule has 0 radical (unpaired) electrons. The van der Waals surface area contributed by atoms with Crippen molar-refractivity contribution < 1.29 is 0 Å². The predicted molar refractivity (Wildman–Crippen MR) is 104 cm³/mol. The molecule has 1 N–H and O–H groups in total. The number of hydrogen-bond acceptors (Lipinski definition) is 3. The maximum atomic E-state index is 4.46. The summed E-state index contributed by atoms with van der Waals surface area (Å²) in [5.41, 5.74) is 6.58. The van der Waals surface area contributed by atoms with Crippen molar-refractivity contribution in [2.75, 3.05) is 13.6 Å². The molecule has 1 aliphatic rings. The van der Waals surface area contributed by atoms with E-state index in [1.54, 1.807) is 11.3 Å². The highest BCUT2D eigenvalue weighted by Crippen LogP contribution is 2.36. The zero-order valence-electron chi connectivity index (χ0n) is 14.1. The first-order valence-electron chi connectivity index (χ1n) is 8.57. The molecule has 0 saturated heterocycles. The monoisotopic (exact) mass is 345 g/mol. The van der Waals surface area contributed by atoms with Gasteiger partial charge in [-0.05, 0) is 41.8 Å². The second-order valence-electron chi connectivity index (χ2n) is 6.81. The van der Waals surface area contributed by atoms with Gasteiger partial charge in [-0.25, -0.2) is 4.98 Å². The van der Waals surface area contributed by atoms with E-state index in [0.717, 1.165) is 18.1 Å². The lowest BCUT2D eigenvalue weighted by molar-refractivity contribution is 0.294. The highest BCUT2D eigenvalue weighted by atomic mass is 32.1. The molecule has 2 aromatic heterocycles. The largest absolute Gasteiger partial charge is 0.358 e. The molecule has 1 atom stereocenters. The molecular formula is C21H19N3S. The van der Waals surface area contributed by atoms with Gasteiger partial charge in [0.15, 0.2) is 0 Å². The molecule has 1 unspecified atom stereocenters. The third-order valence-corrected chi connectivity index (χ3v) is 5.88. The third-order valence-electron chi connectivity index (χ3n) is 5.06. The van der Waals surface area contributed by atoms with Gasteiger partial charge in [0.05, 0.1) is 0 Å². The normalized spacial score (nSPS) is 17.7. The molecule has 1 aliphatic heterocycles. The zero-order chi connectivity index (χ0) is 16.8. The molecule has 0 fully saturated rings. The summed E-state index contributed by atoms with van der Waals surface area (Å²) in [6, 6.07) is 17.7. The summed E-state index contributed by atoms with van der Waals surface area (Å²) in [6.45, 7) is 2.03. The van der Waals surface area contributed by atoms with Crippen LogP contribution in [0.2, 0.25) is 0 Å². The van der Waals surface area contributed by atoms with Crippen LogP contribution in [0.5, 0.6) is 0 Å². The topological polar surface area (TPSA) is 31.9 Å². The molecule has 4 heteroatoms. The Morgan fingerprint density at radius 1 is 1.16 bits per heavy atom. The molecule has 0 aliphatic carbocycles. The van der Waals surface area contributed by atoms with Gasteiger partial charge in [0.1, 0.15) is 5.01 Å². The second kappa shape index (κ2) is 5.83. The molecule has 25 heavy (non-hydrogen) atoms. The number of benzene rings is 2. The van der Waals surface area contributed by atoms with Gasteiger partial charge in [-0.2, -0.15) is 0 Å². The van der Waals surface area contributed by atoms with Crippen LogP contribution in [0.3, 0.4) is 0 Å². The molecule has 0 bridgehead atoms. The van der Waals surface area contributed by atoms with Gasteiger partial charge in [-0.1, -0.05) is 30.3 Å². The van der Waals surface area contributed by atoms with Crippen molar-refractivity contribution in [2.45, 2.75) is 12.5 Å². The molecule has 124 valence electrons. The molecule has 5 rings (SSSR count). The smallest absolute Gasteiger partial charge is 0.123 e. The minimum atomic E-state index is 0.381. The highest BCUT2D eigenvalue weighted by Gasteiger charge is 2.26. The number of thiazole rings is 1. The maximum Gasteiger partial charge on any atom is 0.123 e. The number of hydrogen-bond donors (Lipinski definition) is 1. The van der Waals surface area contributed by atoms with Crippen molar-refractivity contribution in [3.63, 3.8) is 0 Å². The fraction of sp³-hybridized carbons (Fsp3) is 0.190. The summed E-state index contributed by atoms with van der Waals surface area (Å²) in [5.74, 6) is 0.381. The van der Waals surface area contributed by atoms with E-state index in [9.17, 15) is 0 Å². The molecule has 2 aromatic carbocycles. The van der Waals surface area contributed by atoms with Crippen molar-refractivity contribution in [3.8, 4) is 10.6 Å². The van der Waals surface area contributed by atoms with Crippen LogP contribution in [0.25, 0.3) is 21.5 Å². The lowest BCUT2D eigenvalue weighted by Gasteiger charge is -2.32. The van der Waals surface area contributed by atoms with E-state index in [4.69, 9.17) is 0 Å². The van der Waals surface area contributed by atoms with Crippen molar-refractivity contribution in [2.24, 2.45) is 0 Å². The standard InChI is InChI=1S/C21H19N3S/c1-24-12-16-10-15(21-22-8-9-25-21)6-7-17(16)18(13-24)20-11-14-4-2-3-5-19(14)23-20/h2-11,18,23H,12-13H2,1H3. The van der Waals surface area contributed by atoms with Crippen LogP contribution in [0.4, 0.5) is 0 Å². The van der Waals surface area contributed by atoms with Crippen LogP contribution >= 0.6 is 11.3 Å². The molecular weight excluding hydrogens is 326 g/mol. The number of nitrogens with one attached hydrogen (secondary N) is 1. The molecule has 3 nitrogen and oxygen atoms in total. The van der Waals surface area contributed by atoms with Crippen molar-refractivity contribution in [1.29, 1.82) is 0 Å². The van der Waals surface area contributed by atoms with Gasteiger partial charge >= 0.3 is 0 Å². The van der Waals surface area contributed by atoms with Crippen molar-refractivity contribution >= 4 is 22.2 Å². The number of fused-ring (bicyclic) bond motifs is 2. The number of nitrogens with zero attached hydrogens (tertiary/aromatic N) is 2. The molecule has 3 heterocycles. The van der Waals surface area contributed by atoms with Gasteiger partial charge in [-0.15, -0.1) is 11.3 Å². The Morgan fingerprint density at radius 2 is 2.08 bits per heavy atom. The van der Waals surface area contributed by atoms with Crippen LogP contribution in [-0.4, -0.2) is 28.5 Å². The second-order valence-corrected chi connectivity index (χ2v) is 7.71. The number of aromatic amines is 1. The van der Waals surface area contributed by atoms with E-state index in [2.05, 4.69) is 70.4 Å². The Balaban J connectivity index is 1.60. The number of para-hydroxylation sites is 1.